The van der Waals surface area contributed by atoms with Crippen LogP contribution in [0.1, 0.15) is 25.0 Å². The van der Waals surface area contributed by atoms with Gasteiger partial charge in [0.15, 0.2) is 0 Å². The highest BCUT2D eigenvalue weighted by Gasteiger charge is 2.22. The van der Waals surface area contributed by atoms with Crippen molar-refractivity contribution in [3.05, 3.63) is 65.7 Å². The van der Waals surface area contributed by atoms with Crippen LogP contribution in [-0.2, 0) is 14.8 Å². The lowest BCUT2D eigenvalue weighted by Crippen LogP contribution is -2.33. The molecule has 2 aromatic carbocycles. The molecule has 0 spiro atoms. The molecule has 1 N–H and O–H groups in total. The molecule has 2 aromatic rings. The molecule has 26 heavy (non-hydrogen) atoms. The number of amides is 1. The van der Waals surface area contributed by atoms with Gasteiger partial charge in [-0.25, -0.2) is 8.42 Å². The summed E-state index contributed by atoms with van der Waals surface area (Å²) in [5.74, 6) is -0.276. The molecule has 0 unspecified atom stereocenters. The summed E-state index contributed by atoms with van der Waals surface area (Å²) in [5.41, 5.74) is 2.60. The number of aryl methyl sites for hydroxylation is 1. The summed E-state index contributed by atoms with van der Waals surface area (Å²) in [6, 6.07) is 13.8. The van der Waals surface area contributed by atoms with Crippen LogP contribution in [0.2, 0.25) is 0 Å². The summed E-state index contributed by atoms with van der Waals surface area (Å²) in [6.07, 6.45) is 3.19. The molecule has 6 heteroatoms. The summed E-state index contributed by atoms with van der Waals surface area (Å²) < 4.78 is 26.2. The Hall–Kier alpha value is -2.44. The smallest absolute Gasteiger partial charge is 0.248 e. The highest BCUT2D eigenvalue weighted by Crippen LogP contribution is 2.19. The molecule has 138 valence electrons. The Bertz CT molecular complexity index is 901. The van der Waals surface area contributed by atoms with E-state index in [1.807, 2.05) is 45.0 Å². The molecule has 0 aliphatic carbocycles. The Labute approximate surface area is 155 Å². The molecule has 5 nitrogen and oxygen atoms in total. The minimum atomic E-state index is -3.53. The van der Waals surface area contributed by atoms with Crippen molar-refractivity contribution >= 4 is 27.7 Å². The number of sulfonamides is 1. The molecule has 0 aromatic heterocycles. The molecule has 0 saturated carbocycles. The number of carbonyl (C=O) groups is 1. The molecular formula is C20H24N2O3S. The minimum Gasteiger partial charge on any atom is -0.323 e. The second kappa shape index (κ2) is 8.29. The fourth-order valence-electron chi connectivity index (χ4n) is 2.28. The van der Waals surface area contributed by atoms with Crippen LogP contribution in [0.4, 0.5) is 5.69 Å². The second-order valence-electron chi connectivity index (χ2n) is 6.38. The molecule has 2 rings (SSSR count). The number of nitrogens with one attached hydrogen (secondary N) is 1. The van der Waals surface area contributed by atoms with Gasteiger partial charge in [0, 0.05) is 24.9 Å². The molecule has 0 bridgehead atoms. The third kappa shape index (κ3) is 5.03. The average molecular weight is 372 g/mol. The zero-order valence-electron chi connectivity index (χ0n) is 15.4. The summed E-state index contributed by atoms with van der Waals surface area (Å²) >= 11 is 0. The SMILES string of the molecule is Cc1cccc(/C=C/C(=O)Nc2ccc(S(=O)(=O)N(C)C(C)C)cc2)c1. The van der Waals surface area contributed by atoms with Gasteiger partial charge in [-0.3, -0.25) is 4.79 Å². The van der Waals surface area contributed by atoms with Gasteiger partial charge in [0.2, 0.25) is 15.9 Å². The van der Waals surface area contributed by atoms with E-state index in [1.165, 1.54) is 22.5 Å². The summed E-state index contributed by atoms with van der Waals surface area (Å²) in [4.78, 5) is 12.2. The van der Waals surface area contributed by atoms with Crippen LogP contribution in [-0.4, -0.2) is 31.7 Å². The minimum absolute atomic E-state index is 0.133. The maximum absolute atomic E-state index is 12.4. The van der Waals surface area contributed by atoms with Gasteiger partial charge < -0.3 is 5.32 Å². The predicted octanol–water partition coefficient (Wildman–Crippen LogP) is 3.68. The van der Waals surface area contributed by atoms with Crippen LogP contribution >= 0.6 is 0 Å². The van der Waals surface area contributed by atoms with Crippen molar-refractivity contribution < 1.29 is 13.2 Å². The summed E-state index contributed by atoms with van der Waals surface area (Å²) in [7, 11) is -1.98. The highest BCUT2D eigenvalue weighted by atomic mass is 32.2. The van der Waals surface area contributed by atoms with E-state index in [0.29, 0.717) is 5.69 Å². The van der Waals surface area contributed by atoms with Crippen LogP contribution in [0, 0.1) is 6.92 Å². The molecule has 0 aliphatic heterocycles. The van der Waals surface area contributed by atoms with Crippen LogP contribution in [0.3, 0.4) is 0 Å². The maximum Gasteiger partial charge on any atom is 0.248 e. The molecule has 0 aliphatic rings. The van der Waals surface area contributed by atoms with E-state index < -0.39 is 10.0 Å². The lowest BCUT2D eigenvalue weighted by Gasteiger charge is -2.21. The first-order chi connectivity index (χ1) is 12.2. The zero-order valence-corrected chi connectivity index (χ0v) is 16.2. The fourth-order valence-corrected chi connectivity index (χ4v) is 3.65. The van der Waals surface area contributed by atoms with Crippen molar-refractivity contribution in [1.29, 1.82) is 0 Å². The number of benzene rings is 2. The Morgan fingerprint density at radius 1 is 1.12 bits per heavy atom. The number of rotatable bonds is 6. The first-order valence-corrected chi connectivity index (χ1v) is 9.78. The standard InChI is InChI=1S/C20H24N2O3S/c1-15(2)22(4)26(24,25)19-11-9-18(10-12-19)21-20(23)13-8-17-7-5-6-16(3)14-17/h5-15H,1-4H3,(H,21,23)/b13-8+. The third-order valence-corrected chi connectivity index (χ3v) is 6.04. The first-order valence-electron chi connectivity index (χ1n) is 8.34. The molecule has 0 radical (unpaired) electrons. The first kappa shape index (κ1) is 19.9. The van der Waals surface area contributed by atoms with E-state index in [2.05, 4.69) is 5.32 Å². The predicted molar refractivity (Wildman–Crippen MR) is 105 cm³/mol. The summed E-state index contributed by atoms with van der Waals surface area (Å²) in [6.45, 7) is 5.61. The van der Waals surface area contributed by atoms with Crippen LogP contribution in [0.15, 0.2) is 59.5 Å². The number of carbonyl (C=O) groups excluding carboxylic acids is 1. The molecular weight excluding hydrogens is 348 g/mol. The van der Waals surface area contributed by atoms with E-state index in [1.54, 1.807) is 25.3 Å². The van der Waals surface area contributed by atoms with Gasteiger partial charge in [0.05, 0.1) is 4.90 Å². The maximum atomic E-state index is 12.4. The number of nitrogens with zero attached hydrogens (tertiary/aromatic N) is 1. The van der Waals surface area contributed by atoms with Crippen LogP contribution < -0.4 is 5.32 Å². The summed E-state index contributed by atoms with van der Waals surface area (Å²) in [5, 5.41) is 2.72. The average Bonchev–Trinajstić information content (AvgIpc) is 2.59. The van der Waals surface area contributed by atoms with Gasteiger partial charge in [-0.15, -0.1) is 0 Å². The zero-order chi connectivity index (χ0) is 19.3. The number of hydrogen-bond acceptors (Lipinski definition) is 3. The Kier molecular flexibility index (Phi) is 6.34. The van der Waals surface area contributed by atoms with Crippen molar-refractivity contribution in [2.24, 2.45) is 0 Å². The van der Waals surface area contributed by atoms with Gasteiger partial charge in [-0.2, -0.15) is 4.31 Å². The van der Waals surface area contributed by atoms with Crippen LogP contribution in [0.5, 0.6) is 0 Å². The van der Waals surface area contributed by atoms with E-state index in [0.717, 1.165) is 11.1 Å². The van der Waals surface area contributed by atoms with E-state index >= 15 is 0 Å². The van der Waals surface area contributed by atoms with Crippen molar-refractivity contribution in [3.8, 4) is 0 Å². The largest absolute Gasteiger partial charge is 0.323 e. The highest BCUT2D eigenvalue weighted by molar-refractivity contribution is 7.89. The Morgan fingerprint density at radius 2 is 1.77 bits per heavy atom. The lowest BCUT2D eigenvalue weighted by atomic mass is 10.1. The van der Waals surface area contributed by atoms with E-state index in [9.17, 15) is 13.2 Å². The monoisotopic (exact) mass is 372 g/mol. The molecule has 0 heterocycles. The molecule has 0 atom stereocenters. The van der Waals surface area contributed by atoms with Crippen molar-refractivity contribution in [2.75, 3.05) is 12.4 Å². The quantitative estimate of drug-likeness (QED) is 0.787. The fraction of sp³-hybridized carbons (Fsp3) is 0.250. The van der Waals surface area contributed by atoms with Crippen molar-refractivity contribution in [1.82, 2.24) is 4.31 Å². The van der Waals surface area contributed by atoms with Gasteiger partial charge in [0.25, 0.3) is 0 Å². The van der Waals surface area contributed by atoms with Gasteiger partial charge in [0.1, 0.15) is 0 Å². The van der Waals surface area contributed by atoms with Crippen molar-refractivity contribution in [2.45, 2.75) is 31.7 Å². The molecule has 0 fully saturated rings. The molecule has 1 amide bonds. The van der Waals surface area contributed by atoms with E-state index in [-0.39, 0.29) is 16.8 Å². The third-order valence-electron chi connectivity index (χ3n) is 4.00. The number of anilines is 1. The van der Waals surface area contributed by atoms with Gasteiger partial charge in [-0.1, -0.05) is 29.8 Å². The topological polar surface area (TPSA) is 66.5 Å². The van der Waals surface area contributed by atoms with Gasteiger partial charge >= 0.3 is 0 Å². The Morgan fingerprint density at radius 3 is 2.35 bits per heavy atom. The van der Waals surface area contributed by atoms with Gasteiger partial charge in [-0.05, 0) is 56.7 Å². The van der Waals surface area contributed by atoms with Crippen LogP contribution in [0.25, 0.3) is 6.08 Å². The second-order valence-corrected chi connectivity index (χ2v) is 8.37. The molecule has 0 saturated heterocycles. The Balaban J connectivity index is 2.06. The van der Waals surface area contributed by atoms with E-state index in [4.69, 9.17) is 0 Å². The lowest BCUT2D eigenvalue weighted by molar-refractivity contribution is -0.111. The van der Waals surface area contributed by atoms with Crippen molar-refractivity contribution in [3.63, 3.8) is 0 Å². The normalized spacial score (nSPS) is 12.1. The number of hydrogen-bond donors (Lipinski definition) is 1.